The summed E-state index contributed by atoms with van der Waals surface area (Å²) in [4.78, 5) is 4.75. The molecule has 0 aliphatic carbocycles. The highest BCUT2D eigenvalue weighted by Crippen LogP contribution is 2.17. The molecule has 0 spiro atoms. The van der Waals surface area contributed by atoms with Crippen molar-refractivity contribution in [2.24, 2.45) is 0 Å². The predicted octanol–water partition coefficient (Wildman–Crippen LogP) is 2.77. The van der Waals surface area contributed by atoms with Crippen molar-refractivity contribution in [3.63, 3.8) is 0 Å². The summed E-state index contributed by atoms with van der Waals surface area (Å²) in [5.41, 5.74) is 1.24. The lowest BCUT2D eigenvalue weighted by atomic mass is 10.2. The maximum atomic E-state index is 10.3. The molecular formula is C23H30N2O3. The van der Waals surface area contributed by atoms with Crippen molar-refractivity contribution in [3.8, 4) is 11.5 Å². The third-order valence-electron chi connectivity index (χ3n) is 4.91. The summed E-state index contributed by atoms with van der Waals surface area (Å²) < 4.78 is 10.8. The van der Waals surface area contributed by atoms with E-state index in [1.807, 2.05) is 30.3 Å². The van der Waals surface area contributed by atoms with Crippen molar-refractivity contribution in [1.29, 1.82) is 0 Å². The number of rotatable bonds is 9. The lowest BCUT2D eigenvalue weighted by molar-refractivity contribution is 0.0482. The fourth-order valence-electron chi connectivity index (χ4n) is 3.27. The van der Waals surface area contributed by atoms with Crippen LogP contribution < -0.4 is 9.47 Å². The number of aliphatic hydroxyl groups is 1. The first-order valence-electron chi connectivity index (χ1n) is 9.84. The molecular weight excluding hydrogens is 352 g/mol. The average Bonchev–Trinajstić information content (AvgIpc) is 2.75. The van der Waals surface area contributed by atoms with Gasteiger partial charge < -0.3 is 14.6 Å². The van der Waals surface area contributed by atoms with Gasteiger partial charge in [-0.2, -0.15) is 0 Å². The Morgan fingerprint density at radius 2 is 1.57 bits per heavy atom. The van der Waals surface area contributed by atoms with E-state index in [0.717, 1.165) is 44.2 Å². The van der Waals surface area contributed by atoms with Crippen LogP contribution in [0.4, 0.5) is 0 Å². The first-order valence-corrected chi connectivity index (χ1v) is 9.84. The molecule has 1 aliphatic heterocycles. The number of ether oxygens (including phenoxy) is 2. The average molecular weight is 383 g/mol. The van der Waals surface area contributed by atoms with Crippen LogP contribution in [0.3, 0.4) is 0 Å². The molecule has 150 valence electrons. The molecule has 1 unspecified atom stereocenters. The van der Waals surface area contributed by atoms with Gasteiger partial charge in [0.2, 0.25) is 0 Å². The van der Waals surface area contributed by atoms with E-state index in [1.54, 1.807) is 7.11 Å². The van der Waals surface area contributed by atoms with Crippen LogP contribution in [0.15, 0.2) is 60.7 Å². The summed E-state index contributed by atoms with van der Waals surface area (Å²) >= 11 is 0. The monoisotopic (exact) mass is 382 g/mol. The van der Waals surface area contributed by atoms with Crippen molar-refractivity contribution in [2.75, 3.05) is 53.0 Å². The Balaban J connectivity index is 1.32. The predicted molar refractivity (Wildman–Crippen MR) is 113 cm³/mol. The number of benzene rings is 2. The second-order valence-electron chi connectivity index (χ2n) is 7.05. The molecule has 1 heterocycles. The zero-order valence-corrected chi connectivity index (χ0v) is 16.5. The first kappa shape index (κ1) is 20.4. The SMILES string of the molecule is COc1ccc(OCC(O)CN2CCN(C/C=C\c3ccccc3)CC2)cc1. The Morgan fingerprint density at radius 1 is 0.929 bits per heavy atom. The zero-order valence-electron chi connectivity index (χ0n) is 16.5. The third-order valence-corrected chi connectivity index (χ3v) is 4.91. The van der Waals surface area contributed by atoms with Gasteiger partial charge in [-0.15, -0.1) is 0 Å². The molecule has 1 fully saturated rings. The van der Waals surface area contributed by atoms with Crippen LogP contribution in [0, 0.1) is 0 Å². The smallest absolute Gasteiger partial charge is 0.119 e. The molecule has 0 saturated carbocycles. The highest BCUT2D eigenvalue weighted by molar-refractivity contribution is 5.48. The van der Waals surface area contributed by atoms with Crippen LogP contribution >= 0.6 is 0 Å². The second kappa shape index (κ2) is 10.9. The van der Waals surface area contributed by atoms with Crippen LogP contribution in [-0.2, 0) is 0 Å². The number of hydrogen-bond acceptors (Lipinski definition) is 5. The molecule has 2 aromatic rings. The van der Waals surface area contributed by atoms with Gasteiger partial charge in [0.05, 0.1) is 7.11 Å². The summed E-state index contributed by atoms with van der Waals surface area (Å²) in [5, 5.41) is 10.3. The van der Waals surface area contributed by atoms with Gasteiger partial charge in [0.25, 0.3) is 0 Å². The van der Waals surface area contributed by atoms with E-state index in [4.69, 9.17) is 9.47 Å². The Kier molecular flexibility index (Phi) is 7.91. The molecule has 28 heavy (non-hydrogen) atoms. The third kappa shape index (κ3) is 6.68. The summed E-state index contributed by atoms with van der Waals surface area (Å²) in [5.74, 6) is 1.54. The van der Waals surface area contributed by atoms with Crippen LogP contribution in [0.25, 0.3) is 6.08 Å². The van der Waals surface area contributed by atoms with Gasteiger partial charge in [-0.25, -0.2) is 0 Å². The minimum absolute atomic E-state index is 0.298. The number of aliphatic hydroxyl groups excluding tert-OH is 1. The molecule has 1 saturated heterocycles. The number of methoxy groups -OCH3 is 1. The maximum absolute atomic E-state index is 10.3. The lowest BCUT2D eigenvalue weighted by Crippen LogP contribution is -2.49. The highest BCUT2D eigenvalue weighted by Gasteiger charge is 2.18. The number of hydrogen-bond donors (Lipinski definition) is 1. The van der Waals surface area contributed by atoms with E-state index in [1.165, 1.54) is 5.56 Å². The quantitative estimate of drug-likeness (QED) is 0.723. The van der Waals surface area contributed by atoms with Crippen LogP contribution in [0.2, 0.25) is 0 Å². The van der Waals surface area contributed by atoms with Crippen LogP contribution in [0.1, 0.15) is 5.56 Å². The van der Waals surface area contributed by atoms with Gasteiger partial charge in [-0.3, -0.25) is 9.80 Å². The van der Waals surface area contributed by atoms with Crippen molar-refractivity contribution in [3.05, 3.63) is 66.2 Å². The fourth-order valence-corrected chi connectivity index (χ4v) is 3.27. The van der Waals surface area contributed by atoms with Crippen molar-refractivity contribution in [1.82, 2.24) is 9.80 Å². The van der Waals surface area contributed by atoms with Gasteiger partial charge in [0.1, 0.15) is 24.2 Å². The Morgan fingerprint density at radius 3 is 2.25 bits per heavy atom. The number of piperazine rings is 1. The minimum Gasteiger partial charge on any atom is -0.497 e. The molecule has 2 aromatic carbocycles. The highest BCUT2D eigenvalue weighted by atomic mass is 16.5. The van der Waals surface area contributed by atoms with Gasteiger partial charge in [-0.05, 0) is 29.8 Å². The number of nitrogens with zero attached hydrogens (tertiary/aromatic N) is 2. The van der Waals surface area contributed by atoms with Crippen LogP contribution in [0.5, 0.6) is 11.5 Å². The molecule has 5 heteroatoms. The van der Waals surface area contributed by atoms with E-state index in [9.17, 15) is 5.11 Å². The van der Waals surface area contributed by atoms with E-state index in [0.29, 0.717) is 13.2 Å². The maximum Gasteiger partial charge on any atom is 0.119 e. The lowest BCUT2D eigenvalue weighted by Gasteiger charge is -2.35. The molecule has 0 amide bonds. The van der Waals surface area contributed by atoms with Gasteiger partial charge in [-0.1, -0.05) is 42.5 Å². The van der Waals surface area contributed by atoms with Crippen LogP contribution in [-0.4, -0.2) is 74.0 Å². The van der Waals surface area contributed by atoms with E-state index in [-0.39, 0.29) is 0 Å². The largest absolute Gasteiger partial charge is 0.497 e. The van der Waals surface area contributed by atoms with Gasteiger partial charge >= 0.3 is 0 Å². The van der Waals surface area contributed by atoms with Crippen molar-refractivity contribution >= 4 is 6.08 Å². The summed E-state index contributed by atoms with van der Waals surface area (Å²) in [6, 6.07) is 17.8. The number of β-amino-alcohol motifs (C(OH)–C–C–N with tert-alkyl or cyclic N) is 1. The topological polar surface area (TPSA) is 45.2 Å². The minimum atomic E-state index is -0.494. The van der Waals surface area contributed by atoms with Gasteiger partial charge in [0, 0.05) is 39.3 Å². The Hall–Kier alpha value is -2.34. The molecule has 1 aliphatic rings. The molecule has 0 bridgehead atoms. The summed E-state index contributed by atoms with van der Waals surface area (Å²) in [6.45, 7) is 5.88. The van der Waals surface area contributed by atoms with E-state index >= 15 is 0 Å². The molecule has 1 N–H and O–H groups in total. The van der Waals surface area contributed by atoms with Crippen molar-refractivity contribution in [2.45, 2.75) is 6.10 Å². The first-order chi connectivity index (χ1) is 13.7. The molecule has 1 atom stereocenters. The molecule has 0 radical (unpaired) electrons. The second-order valence-corrected chi connectivity index (χ2v) is 7.05. The standard InChI is InChI=1S/C23H30N2O3/c1-27-22-9-11-23(12-10-22)28-19-21(26)18-25-16-14-24(15-17-25)13-5-8-20-6-3-2-4-7-20/h2-12,21,26H,13-19H2,1H3/b8-5-. The fraction of sp³-hybridized carbons (Fsp3) is 0.391. The normalized spacial score (nSPS) is 16.9. The Bertz CT molecular complexity index is 710. The molecule has 5 nitrogen and oxygen atoms in total. The van der Waals surface area contributed by atoms with E-state index in [2.05, 4.69) is 46.2 Å². The summed E-state index contributed by atoms with van der Waals surface area (Å²) in [6.07, 6.45) is 3.90. The van der Waals surface area contributed by atoms with Crippen molar-refractivity contribution < 1.29 is 14.6 Å². The Labute approximate surface area is 167 Å². The summed E-state index contributed by atoms with van der Waals surface area (Å²) in [7, 11) is 1.64. The molecule has 0 aromatic heterocycles. The van der Waals surface area contributed by atoms with E-state index < -0.39 is 6.10 Å². The molecule has 3 rings (SSSR count). The van der Waals surface area contributed by atoms with Gasteiger partial charge in [0.15, 0.2) is 0 Å². The zero-order chi connectivity index (χ0) is 19.6.